The highest BCUT2D eigenvalue weighted by molar-refractivity contribution is 6.32. The predicted octanol–water partition coefficient (Wildman–Crippen LogP) is 0.364. The van der Waals surface area contributed by atoms with Gasteiger partial charge in [-0.05, 0) is 18.2 Å². The van der Waals surface area contributed by atoms with E-state index in [9.17, 15) is 30.0 Å². The number of carbonyl (C=O) groups excluding carboxylic acids is 1. The second-order valence-electron chi connectivity index (χ2n) is 7.25. The number of aliphatic imine (C=N–C) groups is 1. The minimum absolute atomic E-state index is 0.354. The van der Waals surface area contributed by atoms with Crippen LogP contribution in [0.25, 0.3) is 0 Å². The second-order valence-corrected chi connectivity index (χ2v) is 7.68. The maximum absolute atomic E-state index is 12.8. The lowest BCUT2D eigenvalue weighted by atomic mass is 9.99. The van der Waals surface area contributed by atoms with Gasteiger partial charge in [-0.2, -0.15) is 0 Å². The molecule has 2 aromatic rings. The van der Waals surface area contributed by atoms with Gasteiger partial charge < -0.3 is 35.2 Å². The highest BCUT2D eigenvalue weighted by Gasteiger charge is 2.48. The number of nitrogens with one attached hydrogen (secondary N) is 1. The number of benzene rings is 2. The standard InChI is InChI=1S/C21H19ClN2O8/c22-10-6-7-12-11(8-10)13(9-4-2-1-3-5-9)24-19(18(28)23-12)32-21-16(27)14(25)15(26)17(31-21)20(29)30/h1-8,14-17,19,21,25-27H,(H,23,28)(H,29,30)/t14-,15-,16+,17-,19?,21?/m0/s1. The number of anilines is 1. The Hall–Kier alpha value is -2.86. The van der Waals surface area contributed by atoms with Crippen molar-refractivity contribution in [3.63, 3.8) is 0 Å². The molecule has 0 aromatic heterocycles. The number of rotatable bonds is 4. The zero-order valence-corrected chi connectivity index (χ0v) is 17.1. The average Bonchev–Trinajstić information content (AvgIpc) is 2.90. The monoisotopic (exact) mass is 462 g/mol. The molecule has 2 aliphatic rings. The quantitative estimate of drug-likeness (QED) is 0.436. The third kappa shape index (κ3) is 4.24. The number of carboxylic acids is 1. The van der Waals surface area contributed by atoms with E-state index in [1.807, 2.05) is 6.07 Å². The van der Waals surface area contributed by atoms with Crippen molar-refractivity contribution in [2.45, 2.75) is 36.9 Å². The van der Waals surface area contributed by atoms with Gasteiger partial charge in [-0.1, -0.05) is 41.9 Å². The summed E-state index contributed by atoms with van der Waals surface area (Å²) in [5, 5.41) is 42.4. The number of aliphatic hydroxyl groups is 3. The number of carboxylic acid groups (broad SMARTS) is 1. The minimum atomic E-state index is -1.89. The highest BCUT2D eigenvalue weighted by Crippen LogP contribution is 2.29. The van der Waals surface area contributed by atoms with Gasteiger partial charge in [-0.25, -0.2) is 9.79 Å². The lowest BCUT2D eigenvalue weighted by molar-refractivity contribution is -0.300. The number of amides is 1. The van der Waals surface area contributed by atoms with Gasteiger partial charge in [0.15, 0.2) is 12.4 Å². The van der Waals surface area contributed by atoms with Gasteiger partial charge in [0.2, 0.25) is 6.23 Å². The van der Waals surface area contributed by atoms with Crippen LogP contribution < -0.4 is 5.32 Å². The molecule has 1 saturated heterocycles. The molecular weight excluding hydrogens is 444 g/mol. The SMILES string of the molecule is O=C1Nc2ccc(Cl)cc2C(c2ccccc2)=NC1OC1O[C@H](C(=O)O)[C@@H](O)[C@H](O)[C@H]1O. The van der Waals surface area contributed by atoms with Crippen LogP contribution in [0.5, 0.6) is 0 Å². The Bertz CT molecular complexity index is 1060. The first-order valence-corrected chi connectivity index (χ1v) is 9.96. The lowest BCUT2D eigenvalue weighted by Crippen LogP contribution is -2.61. The molecule has 6 atom stereocenters. The van der Waals surface area contributed by atoms with Crippen molar-refractivity contribution in [3.8, 4) is 0 Å². The van der Waals surface area contributed by atoms with Crippen LogP contribution in [-0.2, 0) is 19.1 Å². The van der Waals surface area contributed by atoms with Crippen molar-refractivity contribution in [2.75, 3.05) is 5.32 Å². The number of hydrogen-bond acceptors (Lipinski definition) is 8. The molecular formula is C21H19ClN2O8. The Morgan fingerprint density at radius 2 is 1.78 bits per heavy atom. The van der Waals surface area contributed by atoms with Gasteiger partial charge in [-0.3, -0.25) is 4.79 Å². The van der Waals surface area contributed by atoms with Crippen LogP contribution in [-0.4, -0.2) is 74.9 Å². The highest BCUT2D eigenvalue weighted by atomic mass is 35.5. The first kappa shape index (κ1) is 22.3. The molecule has 0 bridgehead atoms. The summed E-state index contributed by atoms with van der Waals surface area (Å²) in [5.74, 6) is -2.29. The number of aliphatic hydroxyl groups excluding tert-OH is 3. The summed E-state index contributed by atoms with van der Waals surface area (Å²) < 4.78 is 10.6. The average molecular weight is 463 g/mol. The van der Waals surface area contributed by atoms with Gasteiger partial charge in [0.1, 0.15) is 18.3 Å². The van der Waals surface area contributed by atoms with Crippen LogP contribution >= 0.6 is 11.6 Å². The molecule has 168 valence electrons. The first-order chi connectivity index (χ1) is 15.3. The van der Waals surface area contributed by atoms with E-state index in [2.05, 4.69) is 10.3 Å². The molecule has 11 heteroatoms. The Morgan fingerprint density at radius 3 is 2.47 bits per heavy atom. The molecule has 5 N–H and O–H groups in total. The molecule has 1 fully saturated rings. The van der Waals surface area contributed by atoms with Crippen LogP contribution in [0, 0.1) is 0 Å². The molecule has 0 saturated carbocycles. The summed E-state index contributed by atoms with van der Waals surface area (Å²) in [5.41, 5.74) is 1.93. The zero-order chi connectivity index (χ0) is 23.0. The normalized spacial score (nSPS) is 30.0. The Kier molecular flexibility index (Phi) is 6.24. The van der Waals surface area contributed by atoms with Crippen molar-refractivity contribution in [1.29, 1.82) is 0 Å². The van der Waals surface area contributed by atoms with E-state index in [0.717, 1.165) is 0 Å². The zero-order valence-electron chi connectivity index (χ0n) is 16.3. The van der Waals surface area contributed by atoms with Crippen LogP contribution in [0.3, 0.4) is 0 Å². The largest absolute Gasteiger partial charge is 0.479 e. The molecule has 10 nitrogen and oxygen atoms in total. The fourth-order valence-electron chi connectivity index (χ4n) is 3.47. The number of halogens is 1. The van der Waals surface area contributed by atoms with E-state index in [-0.39, 0.29) is 0 Å². The van der Waals surface area contributed by atoms with E-state index in [1.54, 1.807) is 42.5 Å². The maximum atomic E-state index is 12.8. The van der Waals surface area contributed by atoms with E-state index in [4.69, 9.17) is 21.1 Å². The summed E-state index contributed by atoms with van der Waals surface area (Å²) in [6, 6.07) is 13.7. The van der Waals surface area contributed by atoms with E-state index in [1.165, 1.54) is 0 Å². The molecule has 32 heavy (non-hydrogen) atoms. The van der Waals surface area contributed by atoms with Gasteiger partial charge in [-0.15, -0.1) is 0 Å². The smallest absolute Gasteiger partial charge is 0.335 e. The van der Waals surface area contributed by atoms with Crippen molar-refractivity contribution in [3.05, 3.63) is 64.7 Å². The number of ether oxygens (including phenoxy) is 2. The van der Waals surface area contributed by atoms with Gasteiger partial charge in [0.25, 0.3) is 5.91 Å². The molecule has 1 amide bonds. The minimum Gasteiger partial charge on any atom is -0.479 e. The van der Waals surface area contributed by atoms with Crippen LogP contribution in [0.4, 0.5) is 5.69 Å². The fraction of sp³-hybridized carbons (Fsp3) is 0.286. The predicted molar refractivity (Wildman–Crippen MR) is 111 cm³/mol. The summed E-state index contributed by atoms with van der Waals surface area (Å²) in [7, 11) is 0. The van der Waals surface area contributed by atoms with Crippen LogP contribution in [0.15, 0.2) is 53.5 Å². The second kappa shape index (κ2) is 8.94. The first-order valence-electron chi connectivity index (χ1n) is 9.58. The fourth-order valence-corrected chi connectivity index (χ4v) is 3.64. The number of nitrogens with zero attached hydrogens (tertiary/aromatic N) is 1. The summed E-state index contributed by atoms with van der Waals surface area (Å²) >= 11 is 6.15. The topological polar surface area (TPSA) is 158 Å². The van der Waals surface area contributed by atoms with E-state index < -0.39 is 48.8 Å². The molecule has 2 aliphatic heterocycles. The maximum Gasteiger partial charge on any atom is 0.335 e. The Labute approximate surface area is 186 Å². The van der Waals surface area contributed by atoms with E-state index >= 15 is 0 Å². The lowest BCUT2D eigenvalue weighted by Gasteiger charge is -2.39. The third-order valence-electron chi connectivity index (χ3n) is 5.09. The molecule has 2 unspecified atom stereocenters. The molecule has 0 spiro atoms. The molecule has 0 aliphatic carbocycles. The van der Waals surface area contributed by atoms with Gasteiger partial charge >= 0.3 is 5.97 Å². The molecule has 2 heterocycles. The van der Waals surface area contributed by atoms with E-state index in [0.29, 0.717) is 27.5 Å². The van der Waals surface area contributed by atoms with Crippen molar-refractivity contribution < 1.29 is 39.5 Å². The number of hydrogen-bond donors (Lipinski definition) is 5. The number of fused-ring (bicyclic) bond motifs is 1. The molecule has 2 aromatic carbocycles. The van der Waals surface area contributed by atoms with Crippen molar-refractivity contribution >= 4 is 34.9 Å². The van der Waals surface area contributed by atoms with Crippen LogP contribution in [0.1, 0.15) is 11.1 Å². The molecule has 0 radical (unpaired) electrons. The summed E-state index contributed by atoms with van der Waals surface area (Å²) in [4.78, 5) is 28.6. The van der Waals surface area contributed by atoms with Gasteiger partial charge in [0.05, 0.1) is 11.4 Å². The Morgan fingerprint density at radius 1 is 1.06 bits per heavy atom. The van der Waals surface area contributed by atoms with Gasteiger partial charge in [0, 0.05) is 16.1 Å². The number of aliphatic carboxylic acids is 1. The Balaban J connectivity index is 1.72. The van der Waals surface area contributed by atoms with Crippen molar-refractivity contribution in [1.82, 2.24) is 0 Å². The summed E-state index contributed by atoms with van der Waals surface area (Å²) in [6.45, 7) is 0. The van der Waals surface area contributed by atoms with Crippen molar-refractivity contribution in [2.24, 2.45) is 4.99 Å². The number of benzodiazepines with no additional fused rings is 1. The number of carbonyl (C=O) groups is 2. The third-order valence-corrected chi connectivity index (χ3v) is 5.32. The molecule has 4 rings (SSSR count). The van der Waals surface area contributed by atoms with Crippen LogP contribution in [0.2, 0.25) is 5.02 Å². The summed E-state index contributed by atoms with van der Waals surface area (Å²) in [6.07, 6.45) is -10.8.